The van der Waals surface area contributed by atoms with Gasteiger partial charge in [0.25, 0.3) is 0 Å². The van der Waals surface area contributed by atoms with Gasteiger partial charge >= 0.3 is 0 Å². The summed E-state index contributed by atoms with van der Waals surface area (Å²) in [5.74, 6) is 0.241. The molecule has 0 saturated heterocycles. The molecule has 0 radical (unpaired) electrons. The number of aliphatic imine (C=N–C) groups is 1. The zero-order valence-corrected chi connectivity index (χ0v) is 13.8. The number of nitrogens with zero attached hydrogens (tertiary/aromatic N) is 2. The Morgan fingerprint density at radius 1 is 1.38 bits per heavy atom. The van der Waals surface area contributed by atoms with Crippen LogP contribution in [-0.4, -0.2) is 26.4 Å². The maximum Gasteiger partial charge on any atom is 0.240 e. The molecule has 21 heavy (non-hydrogen) atoms. The van der Waals surface area contributed by atoms with Crippen molar-refractivity contribution in [2.75, 3.05) is 12.8 Å². The van der Waals surface area contributed by atoms with Crippen LogP contribution in [0.1, 0.15) is 13.8 Å². The van der Waals surface area contributed by atoms with Crippen LogP contribution in [0, 0.1) is 17.4 Å². The number of benzene rings is 1. The molecular formula is C13H18N4O2S2. The summed E-state index contributed by atoms with van der Waals surface area (Å²) in [6.45, 7) is 4.27. The largest absolute Gasteiger partial charge is 0.271 e. The van der Waals surface area contributed by atoms with Crippen LogP contribution in [0.4, 0.5) is 5.69 Å². The first kappa shape index (κ1) is 17.5. The predicted molar refractivity (Wildman–Crippen MR) is 85.8 cm³/mol. The molecule has 0 aliphatic heterocycles. The van der Waals surface area contributed by atoms with Crippen LogP contribution < -0.4 is 10.0 Å². The van der Waals surface area contributed by atoms with Crippen LogP contribution in [0.15, 0.2) is 34.2 Å². The number of hydrogen-bond donors (Lipinski definition) is 2. The summed E-state index contributed by atoms with van der Waals surface area (Å²) < 4.78 is 26.6. The van der Waals surface area contributed by atoms with Crippen molar-refractivity contribution >= 4 is 32.6 Å². The van der Waals surface area contributed by atoms with E-state index in [0.29, 0.717) is 17.4 Å². The van der Waals surface area contributed by atoms with Gasteiger partial charge in [0.15, 0.2) is 11.4 Å². The third-order valence-corrected chi connectivity index (χ3v) is 4.43. The standard InChI is InChI=1S/C13H18N4O2S2/c1-10(2)8-16-21(18,19)12-6-4-11(5-7-12)17-13(20-3)15-9-14/h4-7,10,16H,8H2,1-3H3,(H,15,17). The topological polar surface area (TPSA) is 94.3 Å². The molecule has 1 aromatic carbocycles. The van der Waals surface area contributed by atoms with Crippen LogP contribution in [0.3, 0.4) is 0 Å². The Bertz CT molecular complexity index is 631. The van der Waals surface area contributed by atoms with Crippen LogP contribution >= 0.6 is 11.8 Å². The van der Waals surface area contributed by atoms with Crippen molar-refractivity contribution < 1.29 is 8.42 Å². The zero-order chi connectivity index (χ0) is 15.9. The molecule has 0 heterocycles. The van der Waals surface area contributed by atoms with E-state index in [0.717, 1.165) is 0 Å². The molecule has 0 saturated carbocycles. The highest BCUT2D eigenvalue weighted by Crippen LogP contribution is 2.17. The van der Waals surface area contributed by atoms with Crippen molar-refractivity contribution in [3.05, 3.63) is 24.3 Å². The number of rotatable bonds is 5. The number of hydrogen-bond acceptors (Lipinski definition) is 5. The molecule has 0 atom stereocenters. The lowest BCUT2D eigenvalue weighted by Crippen LogP contribution is -2.27. The number of nitrogens with one attached hydrogen (secondary N) is 2. The molecule has 8 heteroatoms. The van der Waals surface area contributed by atoms with Gasteiger partial charge in [0.05, 0.1) is 10.6 Å². The van der Waals surface area contributed by atoms with E-state index in [9.17, 15) is 8.42 Å². The highest BCUT2D eigenvalue weighted by molar-refractivity contribution is 8.13. The first-order chi connectivity index (χ1) is 9.89. The van der Waals surface area contributed by atoms with Crippen molar-refractivity contribution in [1.82, 2.24) is 10.0 Å². The maximum atomic E-state index is 12.0. The third kappa shape index (κ3) is 5.75. The number of amidine groups is 1. The fourth-order valence-corrected chi connectivity index (χ4v) is 2.91. The summed E-state index contributed by atoms with van der Waals surface area (Å²) in [4.78, 5) is 4.39. The molecule has 0 aliphatic carbocycles. The molecule has 0 aliphatic rings. The quantitative estimate of drug-likeness (QED) is 0.374. The van der Waals surface area contributed by atoms with Gasteiger partial charge in [0, 0.05) is 6.54 Å². The summed E-state index contributed by atoms with van der Waals surface area (Å²) >= 11 is 1.30. The number of sulfonamides is 1. The van der Waals surface area contributed by atoms with E-state index in [1.807, 2.05) is 13.8 Å². The van der Waals surface area contributed by atoms with Crippen molar-refractivity contribution in [2.24, 2.45) is 10.9 Å². The van der Waals surface area contributed by atoms with Gasteiger partial charge in [-0.05, 0) is 36.4 Å². The molecule has 1 aromatic rings. The van der Waals surface area contributed by atoms with Gasteiger partial charge < -0.3 is 0 Å². The molecule has 6 nitrogen and oxygen atoms in total. The molecular weight excluding hydrogens is 308 g/mol. The van der Waals surface area contributed by atoms with Crippen molar-refractivity contribution in [3.8, 4) is 6.19 Å². The van der Waals surface area contributed by atoms with Gasteiger partial charge in [0.2, 0.25) is 10.0 Å². The molecule has 0 aromatic heterocycles. The van der Waals surface area contributed by atoms with Crippen molar-refractivity contribution in [1.29, 1.82) is 5.26 Å². The maximum absolute atomic E-state index is 12.0. The Balaban J connectivity index is 2.90. The molecule has 1 rings (SSSR count). The van der Waals surface area contributed by atoms with Crippen molar-refractivity contribution in [2.45, 2.75) is 18.7 Å². The molecule has 0 fully saturated rings. The molecule has 0 bridgehead atoms. The SMILES string of the molecule is CSC(=Nc1ccc(S(=O)(=O)NCC(C)C)cc1)NC#N. The van der Waals surface area contributed by atoms with E-state index in [4.69, 9.17) is 5.26 Å². The highest BCUT2D eigenvalue weighted by Gasteiger charge is 2.13. The first-order valence-electron chi connectivity index (χ1n) is 6.26. The summed E-state index contributed by atoms with van der Waals surface area (Å²) in [6, 6.07) is 6.18. The number of nitriles is 1. The van der Waals surface area contributed by atoms with Gasteiger partial charge in [-0.1, -0.05) is 25.6 Å². The second-order valence-corrected chi connectivity index (χ2v) is 7.16. The second kappa shape index (κ2) is 8.02. The fraction of sp³-hybridized carbons (Fsp3) is 0.385. The lowest BCUT2D eigenvalue weighted by atomic mass is 10.2. The Hall–Kier alpha value is -1.56. The fourth-order valence-electron chi connectivity index (χ4n) is 1.35. The summed E-state index contributed by atoms with van der Waals surface area (Å²) in [5.41, 5.74) is 0.574. The van der Waals surface area contributed by atoms with Crippen LogP contribution in [0.25, 0.3) is 0 Å². The molecule has 0 unspecified atom stereocenters. The molecule has 0 spiro atoms. The average molecular weight is 326 g/mol. The Morgan fingerprint density at radius 3 is 2.48 bits per heavy atom. The number of thioether (sulfide) groups is 1. The van der Waals surface area contributed by atoms with E-state index in [2.05, 4.69) is 15.0 Å². The molecule has 114 valence electrons. The predicted octanol–water partition coefficient (Wildman–Crippen LogP) is 2.04. The van der Waals surface area contributed by atoms with Gasteiger partial charge in [-0.25, -0.2) is 18.1 Å². The lowest BCUT2D eigenvalue weighted by molar-refractivity contribution is 0.560. The van der Waals surface area contributed by atoms with E-state index in [1.165, 1.54) is 23.9 Å². The van der Waals surface area contributed by atoms with Crippen LogP contribution in [0.5, 0.6) is 0 Å². The Kier molecular flexibility index (Phi) is 6.68. The Labute approximate surface area is 129 Å². The third-order valence-electron chi connectivity index (χ3n) is 2.42. The van der Waals surface area contributed by atoms with E-state index in [1.54, 1.807) is 24.6 Å². The normalized spacial score (nSPS) is 12.2. The van der Waals surface area contributed by atoms with Gasteiger partial charge in [-0.2, -0.15) is 5.26 Å². The highest BCUT2D eigenvalue weighted by atomic mass is 32.2. The monoisotopic (exact) mass is 326 g/mol. The molecule has 2 N–H and O–H groups in total. The summed E-state index contributed by atoms with van der Waals surface area (Å²) in [6.07, 6.45) is 3.58. The minimum Gasteiger partial charge on any atom is -0.271 e. The van der Waals surface area contributed by atoms with Crippen molar-refractivity contribution in [3.63, 3.8) is 0 Å². The van der Waals surface area contributed by atoms with Gasteiger partial charge in [0.1, 0.15) is 0 Å². The minimum absolute atomic E-state index is 0.195. The van der Waals surface area contributed by atoms with Crippen LogP contribution in [0.2, 0.25) is 0 Å². The second-order valence-electron chi connectivity index (χ2n) is 4.60. The van der Waals surface area contributed by atoms with Gasteiger partial charge in [-0.3, -0.25) is 5.32 Å². The lowest BCUT2D eigenvalue weighted by Gasteiger charge is -2.09. The zero-order valence-electron chi connectivity index (χ0n) is 12.1. The van der Waals surface area contributed by atoms with Crippen LogP contribution in [-0.2, 0) is 10.0 Å². The minimum atomic E-state index is -3.49. The van der Waals surface area contributed by atoms with E-state index >= 15 is 0 Å². The van der Waals surface area contributed by atoms with E-state index in [-0.39, 0.29) is 10.8 Å². The average Bonchev–Trinajstić information content (AvgIpc) is 2.45. The molecule has 0 amide bonds. The van der Waals surface area contributed by atoms with Gasteiger partial charge in [-0.15, -0.1) is 0 Å². The first-order valence-corrected chi connectivity index (χ1v) is 8.97. The summed E-state index contributed by atoms with van der Waals surface area (Å²) in [7, 11) is -3.49. The Morgan fingerprint density at radius 2 is 2.00 bits per heavy atom. The smallest absolute Gasteiger partial charge is 0.240 e. The van der Waals surface area contributed by atoms with E-state index < -0.39 is 10.0 Å². The summed E-state index contributed by atoms with van der Waals surface area (Å²) in [5, 5.41) is 11.5.